The summed E-state index contributed by atoms with van der Waals surface area (Å²) >= 11 is 0. The van der Waals surface area contributed by atoms with Gasteiger partial charge in [-0.05, 0) is 5.92 Å². The highest BCUT2D eigenvalue weighted by Crippen LogP contribution is 2.05. The van der Waals surface area contributed by atoms with Crippen LogP contribution in [-0.4, -0.2) is 46.4 Å². The minimum atomic E-state index is -3.17. The van der Waals surface area contributed by atoms with Crippen LogP contribution in [0.5, 0.6) is 0 Å². The number of aliphatic hydroxyl groups is 1. The third kappa shape index (κ3) is 5.27. The quantitative estimate of drug-likeness (QED) is 0.772. The molecule has 0 spiro atoms. The van der Waals surface area contributed by atoms with Crippen molar-refractivity contribution in [3.8, 4) is 0 Å². The molecule has 1 aromatic rings. The number of hydrogen-bond acceptors (Lipinski definition) is 5. The Labute approximate surface area is 102 Å². The number of rotatable bonds is 6. The van der Waals surface area contributed by atoms with Gasteiger partial charge in [0.05, 0.1) is 11.9 Å². The molecule has 7 heteroatoms. The van der Waals surface area contributed by atoms with Crippen molar-refractivity contribution in [3.63, 3.8) is 0 Å². The lowest BCUT2D eigenvalue weighted by Gasteiger charge is -2.11. The van der Waals surface area contributed by atoms with Gasteiger partial charge in [0, 0.05) is 19.2 Å². The summed E-state index contributed by atoms with van der Waals surface area (Å²) in [7, 11) is -3.17. The summed E-state index contributed by atoms with van der Waals surface area (Å²) in [6.45, 7) is 4.82. The second-order valence-electron chi connectivity index (χ2n) is 4.70. The monoisotopic (exact) mass is 261 g/mol. The molecule has 0 saturated carbocycles. The van der Waals surface area contributed by atoms with Gasteiger partial charge < -0.3 is 5.11 Å². The Morgan fingerprint density at radius 3 is 2.65 bits per heavy atom. The summed E-state index contributed by atoms with van der Waals surface area (Å²) < 4.78 is 23.8. The molecule has 0 radical (unpaired) electrons. The molecule has 1 aromatic heterocycles. The van der Waals surface area contributed by atoms with E-state index in [0.717, 1.165) is 6.26 Å². The highest BCUT2D eigenvalue weighted by atomic mass is 32.2. The molecule has 0 bridgehead atoms. The van der Waals surface area contributed by atoms with Crippen molar-refractivity contribution >= 4 is 9.84 Å². The van der Waals surface area contributed by atoms with Crippen molar-refractivity contribution in [1.82, 2.24) is 14.8 Å². The van der Waals surface area contributed by atoms with Crippen molar-refractivity contribution in [2.75, 3.05) is 12.0 Å². The summed E-state index contributed by atoms with van der Waals surface area (Å²) in [5.41, 5.74) is 0. The molecule has 17 heavy (non-hydrogen) atoms. The van der Waals surface area contributed by atoms with E-state index in [9.17, 15) is 13.5 Å². The molecule has 0 aromatic carbocycles. The van der Waals surface area contributed by atoms with Gasteiger partial charge in [-0.25, -0.2) is 18.1 Å². The number of nitrogens with zero attached hydrogens (tertiary/aromatic N) is 3. The Morgan fingerprint density at radius 2 is 2.12 bits per heavy atom. The van der Waals surface area contributed by atoms with Gasteiger partial charge in [-0.3, -0.25) is 0 Å². The van der Waals surface area contributed by atoms with Crippen LogP contribution in [0, 0.1) is 5.92 Å². The molecule has 6 nitrogen and oxygen atoms in total. The highest BCUT2D eigenvalue weighted by Gasteiger charge is 2.16. The molecule has 1 heterocycles. The Kier molecular flexibility index (Phi) is 4.64. The maximum Gasteiger partial charge on any atom is 0.150 e. The molecule has 0 aliphatic carbocycles. The van der Waals surface area contributed by atoms with Crippen LogP contribution in [0.25, 0.3) is 0 Å². The van der Waals surface area contributed by atoms with E-state index >= 15 is 0 Å². The minimum absolute atomic E-state index is 0.208. The van der Waals surface area contributed by atoms with Crippen LogP contribution < -0.4 is 0 Å². The van der Waals surface area contributed by atoms with Gasteiger partial charge in [-0.1, -0.05) is 13.8 Å². The topological polar surface area (TPSA) is 85.1 Å². The fourth-order valence-corrected chi connectivity index (χ4v) is 2.38. The van der Waals surface area contributed by atoms with E-state index < -0.39 is 15.9 Å². The van der Waals surface area contributed by atoms with Crippen molar-refractivity contribution in [1.29, 1.82) is 0 Å². The zero-order valence-electron chi connectivity index (χ0n) is 10.4. The number of sulfone groups is 1. The maximum absolute atomic E-state index is 11.0. The van der Waals surface area contributed by atoms with Crippen LogP contribution >= 0.6 is 0 Å². The first-order valence-corrected chi connectivity index (χ1v) is 7.56. The first-order chi connectivity index (χ1) is 7.78. The summed E-state index contributed by atoms with van der Waals surface area (Å²) in [4.78, 5) is 4.04. The number of aliphatic hydroxyl groups excluding tert-OH is 1. The SMILES string of the molecule is CC(C)Cn1ncnc1CC(O)CS(C)(=O)=O. The molecule has 0 aliphatic rings. The van der Waals surface area contributed by atoms with E-state index in [4.69, 9.17) is 0 Å². The number of aromatic nitrogens is 3. The zero-order chi connectivity index (χ0) is 13.1. The average Bonchev–Trinajstić information content (AvgIpc) is 2.47. The van der Waals surface area contributed by atoms with Gasteiger partial charge in [-0.2, -0.15) is 5.10 Å². The molecule has 0 saturated heterocycles. The smallest absolute Gasteiger partial charge is 0.150 e. The van der Waals surface area contributed by atoms with Crippen LogP contribution in [0.4, 0.5) is 0 Å². The molecular weight excluding hydrogens is 242 g/mol. The standard InChI is InChI=1S/C10H19N3O3S/c1-8(2)5-13-10(11-7-12-13)4-9(14)6-17(3,15)16/h7-9,14H,4-6H2,1-3H3. The van der Waals surface area contributed by atoms with Crippen LogP contribution in [0.15, 0.2) is 6.33 Å². The van der Waals surface area contributed by atoms with Crippen LogP contribution in [0.1, 0.15) is 19.7 Å². The summed E-state index contributed by atoms with van der Waals surface area (Å²) in [6, 6.07) is 0. The predicted octanol–water partition coefficient (Wildman–Crippen LogP) is -0.118. The number of hydrogen-bond donors (Lipinski definition) is 1. The zero-order valence-corrected chi connectivity index (χ0v) is 11.2. The van der Waals surface area contributed by atoms with Gasteiger partial charge in [0.25, 0.3) is 0 Å². The summed E-state index contributed by atoms with van der Waals surface area (Å²) in [5, 5.41) is 13.7. The first-order valence-electron chi connectivity index (χ1n) is 5.50. The molecule has 0 fully saturated rings. The fraction of sp³-hybridized carbons (Fsp3) is 0.800. The fourth-order valence-electron chi connectivity index (χ4n) is 1.56. The summed E-state index contributed by atoms with van der Waals surface area (Å²) in [6.07, 6.45) is 1.81. The molecule has 1 rings (SSSR count). The molecule has 0 aliphatic heterocycles. The summed E-state index contributed by atoms with van der Waals surface area (Å²) in [5.74, 6) is 0.791. The van der Waals surface area contributed by atoms with Crippen LogP contribution in [0.3, 0.4) is 0 Å². The lowest BCUT2D eigenvalue weighted by Crippen LogP contribution is -2.24. The Morgan fingerprint density at radius 1 is 1.47 bits per heavy atom. The van der Waals surface area contributed by atoms with Gasteiger partial charge in [0.15, 0.2) is 0 Å². The minimum Gasteiger partial charge on any atom is -0.392 e. The van der Waals surface area contributed by atoms with E-state index in [-0.39, 0.29) is 12.2 Å². The van der Waals surface area contributed by atoms with Crippen molar-refractivity contribution in [2.24, 2.45) is 5.92 Å². The Balaban J connectivity index is 2.65. The molecule has 1 unspecified atom stereocenters. The van der Waals surface area contributed by atoms with Gasteiger partial charge in [0.1, 0.15) is 22.0 Å². The van der Waals surface area contributed by atoms with Gasteiger partial charge >= 0.3 is 0 Å². The van der Waals surface area contributed by atoms with Crippen LogP contribution in [-0.2, 0) is 22.8 Å². The van der Waals surface area contributed by atoms with E-state index in [2.05, 4.69) is 23.9 Å². The lowest BCUT2D eigenvalue weighted by atomic mass is 10.2. The van der Waals surface area contributed by atoms with E-state index in [1.807, 2.05) is 0 Å². The lowest BCUT2D eigenvalue weighted by molar-refractivity contribution is 0.193. The Bertz CT molecular complexity index is 453. The third-order valence-electron chi connectivity index (χ3n) is 2.15. The highest BCUT2D eigenvalue weighted by molar-refractivity contribution is 7.90. The molecule has 1 atom stereocenters. The second-order valence-corrected chi connectivity index (χ2v) is 6.89. The average molecular weight is 261 g/mol. The molecule has 0 amide bonds. The van der Waals surface area contributed by atoms with Crippen molar-refractivity contribution < 1.29 is 13.5 Å². The van der Waals surface area contributed by atoms with Gasteiger partial charge in [-0.15, -0.1) is 0 Å². The maximum atomic E-state index is 11.0. The van der Waals surface area contributed by atoms with E-state index in [1.54, 1.807) is 4.68 Å². The van der Waals surface area contributed by atoms with E-state index in [1.165, 1.54) is 6.33 Å². The molecule has 1 N–H and O–H groups in total. The predicted molar refractivity (Wildman–Crippen MR) is 64.3 cm³/mol. The first kappa shape index (κ1) is 14.1. The van der Waals surface area contributed by atoms with E-state index in [0.29, 0.717) is 18.3 Å². The second kappa shape index (κ2) is 5.59. The van der Waals surface area contributed by atoms with Crippen molar-refractivity contribution in [2.45, 2.75) is 32.9 Å². The normalized spacial score (nSPS) is 14.2. The molecular formula is C10H19N3O3S. The molecule has 98 valence electrons. The Hall–Kier alpha value is -0.950. The van der Waals surface area contributed by atoms with Crippen molar-refractivity contribution in [3.05, 3.63) is 12.2 Å². The van der Waals surface area contributed by atoms with Gasteiger partial charge in [0.2, 0.25) is 0 Å². The third-order valence-corrected chi connectivity index (χ3v) is 3.14. The van der Waals surface area contributed by atoms with Crippen LogP contribution in [0.2, 0.25) is 0 Å². The largest absolute Gasteiger partial charge is 0.392 e.